The Hall–Kier alpha value is -1.75. The van der Waals surface area contributed by atoms with Crippen molar-refractivity contribution in [2.24, 2.45) is 11.5 Å². The highest BCUT2D eigenvalue weighted by molar-refractivity contribution is 5.37. The van der Waals surface area contributed by atoms with Gasteiger partial charge in [-0.05, 0) is 39.0 Å². The first-order valence-electron chi connectivity index (χ1n) is 8.75. The maximum atomic E-state index is 5.49. The van der Waals surface area contributed by atoms with Gasteiger partial charge < -0.3 is 37.6 Å². The Kier molecular flexibility index (Phi) is 10.0. The Labute approximate surface area is 150 Å². The molecular weight excluding hydrogens is 320 g/mol. The van der Waals surface area contributed by atoms with Crippen LogP contribution >= 0.6 is 0 Å². The highest BCUT2D eigenvalue weighted by atomic mass is 15.3. The van der Waals surface area contributed by atoms with E-state index in [4.69, 9.17) is 22.9 Å². The maximum Gasteiger partial charge on any atom is 0.231 e. The summed E-state index contributed by atoms with van der Waals surface area (Å²) in [5.74, 6) is 0.748. The minimum absolute atomic E-state index is 0.140. The quantitative estimate of drug-likeness (QED) is 0.450. The molecule has 0 saturated carbocycles. The molecule has 0 atom stereocenters. The Morgan fingerprint density at radius 2 is 1.20 bits per heavy atom. The van der Waals surface area contributed by atoms with Gasteiger partial charge >= 0.3 is 0 Å². The van der Waals surface area contributed by atoms with Gasteiger partial charge in [0.25, 0.3) is 0 Å². The standard InChI is InChI=1S/C10H24N4.C5H10N6/c11-3-1-5-13-7-9-14(10-8-13)6-2-4-12;1-11(2)5-9-3(6)8-4(7)10-5/h1-12H2;1-2H3,(H4,6,7,8,9,10). The Morgan fingerprint density at radius 1 is 0.800 bits per heavy atom. The fourth-order valence-corrected chi connectivity index (χ4v) is 2.46. The summed E-state index contributed by atoms with van der Waals surface area (Å²) in [6.45, 7) is 8.76. The average molecular weight is 355 g/mol. The molecule has 144 valence electrons. The largest absolute Gasteiger partial charge is 0.368 e. The van der Waals surface area contributed by atoms with Crippen LogP contribution in [0.25, 0.3) is 0 Å². The smallest absolute Gasteiger partial charge is 0.231 e. The molecule has 0 aliphatic carbocycles. The highest BCUT2D eigenvalue weighted by Crippen LogP contribution is 2.05. The normalized spacial score (nSPS) is 15.5. The number of nitrogens with zero attached hydrogens (tertiary/aromatic N) is 6. The van der Waals surface area contributed by atoms with Crippen molar-refractivity contribution in [1.29, 1.82) is 0 Å². The van der Waals surface area contributed by atoms with Gasteiger partial charge in [-0.2, -0.15) is 15.0 Å². The zero-order chi connectivity index (χ0) is 18.7. The molecule has 0 aromatic carbocycles. The summed E-state index contributed by atoms with van der Waals surface area (Å²) >= 11 is 0. The number of piperazine rings is 1. The van der Waals surface area contributed by atoms with Gasteiger partial charge in [0.15, 0.2) is 0 Å². The molecule has 1 aromatic heterocycles. The molecule has 10 nitrogen and oxygen atoms in total. The van der Waals surface area contributed by atoms with E-state index in [-0.39, 0.29) is 11.9 Å². The summed E-state index contributed by atoms with van der Waals surface area (Å²) in [5, 5.41) is 0. The monoisotopic (exact) mass is 354 g/mol. The fraction of sp³-hybridized carbons (Fsp3) is 0.800. The van der Waals surface area contributed by atoms with Crippen molar-refractivity contribution in [3.8, 4) is 0 Å². The van der Waals surface area contributed by atoms with Crippen molar-refractivity contribution in [2.75, 3.05) is 82.8 Å². The van der Waals surface area contributed by atoms with E-state index < -0.39 is 0 Å². The van der Waals surface area contributed by atoms with E-state index >= 15 is 0 Å². The van der Waals surface area contributed by atoms with Gasteiger partial charge in [-0.15, -0.1) is 0 Å². The van der Waals surface area contributed by atoms with Crippen LogP contribution in [0.5, 0.6) is 0 Å². The van der Waals surface area contributed by atoms with Crippen LogP contribution in [-0.2, 0) is 0 Å². The van der Waals surface area contributed by atoms with Crippen LogP contribution in [0.3, 0.4) is 0 Å². The lowest BCUT2D eigenvalue weighted by atomic mass is 10.2. The second-order valence-electron chi connectivity index (χ2n) is 6.21. The minimum Gasteiger partial charge on any atom is -0.368 e. The van der Waals surface area contributed by atoms with E-state index in [1.165, 1.54) is 39.3 Å². The molecule has 0 radical (unpaired) electrons. The van der Waals surface area contributed by atoms with E-state index in [1.807, 2.05) is 0 Å². The average Bonchev–Trinajstić information content (AvgIpc) is 2.58. The van der Waals surface area contributed by atoms with Crippen molar-refractivity contribution in [1.82, 2.24) is 24.8 Å². The molecule has 0 unspecified atom stereocenters. The Balaban J connectivity index is 0.000000257. The van der Waals surface area contributed by atoms with Crippen LogP contribution < -0.4 is 27.8 Å². The number of hydrogen-bond acceptors (Lipinski definition) is 10. The van der Waals surface area contributed by atoms with E-state index in [2.05, 4.69) is 24.8 Å². The highest BCUT2D eigenvalue weighted by Gasteiger charge is 2.15. The van der Waals surface area contributed by atoms with E-state index in [0.717, 1.165) is 25.9 Å². The lowest BCUT2D eigenvalue weighted by Crippen LogP contribution is -2.47. The third-order valence-electron chi connectivity index (χ3n) is 3.88. The predicted molar refractivity (Wildman–Crippen MR) is 103 cm³/mol. The van der Waals surface area contributed by atoms with Crippen LogP contribution in [0.1, 0.15) is 12.8 Å². The van der Waals surface area contributed by atoms with Gasteiger partial charge in [-0.25, -0.2) is 0 Å². The molecular formula is C15H34N10. The van der Waals surface area contributed by atoms with Crippen LogP contribution in [0.2, 0.25) is 0 Å². The van der Waals surface area contributed by atoms with Crippen molar-refractivity contribution in [2.45, 2.75) is 12.8 Å². The van der Waals surface area contributed by atoms with Gasteiger partial charge in [0.1, 0.15) is 0 Å². The molecule has 2 heterocycles. The molecule has 1 saturated heterocycles. The number of hydrogen-bond donors (Lipinski definition) is 4. The SMILES string of the molecule is CN(C)c1nc(N)nc(N)n1.NCCCN1CCN(CCCN)CC1. The number of nitrogens with two attached hydrogens (primary N) is 4. The second-order valence-corrected chi connectivity index (χ2v) is 6.21. The molecule has 0 amide bonds. The predicted octanol–water partition coefficient (Wildman–Crippen LogP) is -1.60. The molecule has 0 bridgehead atoms. The molecule has 2 rings (SSSR count). The third-order valence-corrected chi connectivity index (χ3v) is 3.88. The molecule has 1 fully saturated rings. The Morgan fingerprint density at radius 3 is 1.52 bits per heavy atom. The van der Waals surface area contributed by atoms with E-state index in [9.17, 15) is 0 Å². The molecule has 1 aliphatic rings. The van der Waals surface area contributed by atoms with Crippen molar-refractivity contribution < 1.29 is 0 Å². The van der Waals surface area contributed by atoms with Gasteiger partial charge in [0, 0.05) is 40.3 Å². The summed E-state index contributed by atoms with van der Waals surface area (Å²) in [6, 6.07) is 0. The third kappa shape index (κ3) is 8.77. The lowest BCUT2D eigenvalue weighted by molar-refractivity contribution is 0.131. The molecule has 1 aliphatic heterocycles. The van der Waals surface area contributed by atoms with Crippen LogP contribution in [0, 0.1) is 0 Å². The topological polar surface area (TPSA) is 152 Å². The van der Waals surface area contributed by atoms with Gasteiger partial charge in [0.05, 0.1) is 0 Å². The van der Waals surface area contributed by atoms with Crippen molar-refractivity contribution in [3.05, 3.63) is 0 Å². The lowest BCUT2D eigenvalue weighted by Gasteiger charge is -2.34. The second kappa shape index (κ2) is 11.7. The molecule has 10 heteroatoms. The van der Waals surface area contributed by atoms with Gasteiger partial charge in [0.2, 0.25) is 17.8 Å². The number of anilines is 3. The van der Waals surface area contributed by atoms with Crippen LogP contribution in [0.4, 0.5) is 17.8 Å². The summed E-state index contributed by atoms with van der Waals surface area (Å²) in [5.41, 5.74) is 21.6. The molecule has 0 spiro atoms. The number of aromatic nitrogens is 3. The van der Waals surface area contributed by atoms with Gasteiger partial charge in [-0.3, -0.25) is 0 Å². The van der Waals surface area contributed by atoms with Gasteiger partial charge in [-0.1, -0.05) is 0 Å². The van der Waals surface area contributed by atoms with E-state index in [1.54, 1.807) is 19.0 Å². The first-order chi connectivity index (χ1) is 12.0. The summed E-state index contributed by atoms with van der Waals surface area (Å²) < 4.78 is 0. The molecule has 25 heavy (non-hydrogen) atoms. The zero-order valence-electron chi connectivity index (χ0n) is 15.6. The van der Waals surface area contributed by atoms with Crippen molar-refractivity contribution >= 4 is 17.8 Å². The first kappa shape index (κ1) is 21.3. The van der Waals surface area contributed by atoms with Crippen LogP contribution in [-0.4, -0.2) is 91.2 Å². The van der Waals surface area contributed by atoms with Crippen molar-refractivity contribution in [3.63, 3.8) is 0 Å². The number of rotatable bonds is 7. The van der Waals surface area contributed by atoms with E-state index in [0.29, 0.717) is 5.95 Å². The first-order valence-corrected chi connectivity index (χ1v) is 8.75. The summed E-state index contributed by atoms with van der Waals surface area (Å²) in [6.07, 6.45) is 2.26. The summed E-state index contributed by atoms with van der Waals surface area (Å²) in [7, 11) is 3.60. The maximum absolute atomic E-state index is 5.49. The summed E-state index contributed by atoms with van der Waals surface area (Å²) in [4.78, 5) is 18.0. The molecule has 8 N–H and O–H groups in total. The van der Waals surface area contributed by atoms with Crippen LogP contribution in [0.15, 0.2) is 0 Å². The Bertz CT molecular complexity index is 437. The number of nitrogen functional groups attached to an aromatic ring is 2. The zero-order valence-corrected chi connectivity index (χ0v) is 15.6. The fourth-order valence-electron chi connectivity index (χ4n) is 2.46. The molecule has 1 aromatic rings. The minimum atomic E-state index is 0.140.